The minimum atomic E-state index is -0.183. The lowest BCUT2D eigenvalue weighted by atomic mass is 9.78. The van der Waals surface area contributed by atoms with Gasteiger partial charge in [-0.15, -0.1) is 0 Å². The van der Waals surface area contributed by atoms with Crippen LogP contribution in [0.3, 0.4) is 0 Å². The maximum Gasteiger partial charge on any atom is 0.122 e. The Kier molecular flexibility index (Phi) is 13.1. The Morgan fingerprint density at radius 3 is 1.28 bits per heavy atom. The molecular formula is C43H56O4. The summed E-state index contributed by atoms with van der Waals surface area (Å²) in [6, 6.07) is 29.2. The Morgan fingerprint density at radius 2 is 0.915 bits per heavy atom. The molecule has 0 radical (unpaired) electrons. The van der Waals surface area contributed by atoms with Gasteiger partial charge < -0.3 is 19.7 Å². The van der Waals surface area contributed by atoms with Crippen molar-refractivity contribution >= 4 is 0 Å². The van der Waals surface area contributed by atoms with Gasteiger partial charge in [0.25, 0.3) is 0 Å². The van der Waals surface area contributed by atoms with Crippen LogP contribution in [0.4, 0.5) is 0 Å². The van der Waals surface area contributed by atoms with E-state index in [1.807, 2.05) is 36.4 Å². The fourth-order valence-corrected chi connectivity index (χ4v) is 5.98. The van der Waals surface area contributed by atoms with Gasteiger partial charge in [0.2, 0.25) is 0 Å². The quantitative estimate of drug-likeness (QED) is 0.107. The molecule has 4 aromatic carbocycles. The molecule has 4 heteroatoms. The van der Waals surface area contributed by atoms with Crippen molar-refractivity contribution < 1.29 is 19.7 Å². The van der Waals surface area contributed by atoms with Crippen LogP contribution in [0.15, 0.2) is 84.9 Å². The minimum absolute atomic E-state index is 0.183. The number of hydrogen-bond donors (Lipinski definition) is 2. The van der Waals surface area contributed by atoms with Crippen molar-refractivity contribution in [3.8, 4) is 11.5 Å². The van der Waals surface area contributed by atoms with Crippen LogP contribution in [0.1, 0.15) is 112 Å². The Hall–Kier alpha value is -3.60. The number of ether oxygens (including phenoxy) is 2. The van der Waals surface area contributed by atoms with Gasteiger partial charge in [0.15, 0.2) is 0 Å². The second-order valence-corrected chi connectivity index (χ2v) is 14.2. The van der Waals surface area contributed by atoms with Crippen LogP contribution in [0, 0.1) is 0 Å². The van der Waals surface area contributed by atoms with E-state index >= 15 is 0 Å². The molecule has 4 nitrogen and oxygen atoms in total. The lowest BCUT2D eigenvalue weighted by Crippen LogP contribution is -2.18. The van der Waals surface area contributed by atoms with Crippen LogP contribution >= 0.6 is 0 Å². The highest BCUT2D eigenvalue weighted by molar-refractivity contribution is 5.53. The molecule has 0 aliphatic carbocycles. The van der Waals surface area contributed by atoms with Crippen molar-refractivity contribution in [3.05, 3.63) is 129 Å². The molecule has 0 spiro atoms. The van der Waals surface area contributed by atoms with Gasteiger partial charge >= 0.3 is 0 Å². The molecule has 0 amide bonds. The van der Waals surface area contributed by atoms with Crippen molar-refractivity contribution in [2.24, 2.45) is 0 Å². The van der Waals surface area contributed by atoms with Crippen molar-refractivity contribution in [2.45, 2.75) is 111 Å². The predicted octanol–water partition coefficient (Wildman–Crippen LogP) is 10.4. The fraction of sp³-hybridized carbons (Fsp3) is 0.442. The van der Waals surface area contributed by atoms with Gasteiger partial charge in [0, 0.05) is 30.8 Å². The SMILES string of the molecule is CCC(C)(C)c1cc(CCCOCc2ccccc2)cc(Cc2cc(CCCOCc3ccccc3)cc(C(C)(C)CC)c2O)c1O. The molecule has 47 heavy (non-hydrogen) atoms. The van der Waals surface area contributed by atoms with Gasteiger partial charge in [0.05, 0.1) is 13.2 Å². The highest BCUT2D eigenvalue weighted by Gasteiger charge is 2.27. The number of aryl methyl sites for hydroxylation is 2. The standard InChI is InChI=1S/C43H56O4/c1-7-42(3,4)38-27-34(21-15-23-46-30-32-17-11-9-12-18-32)25-36(40(38)44)29-37-26-35(28-39(41(37)45)43(5,6)8-2)22-16-24-47-31-33-19-13-10-14-20-33/h9-14,17-20,25-28,44-45H,7-8,15-16,21-24,29-31H2,1-6H3. The number of aromatic hydroxyl groups is 2. The molecule has 0 saturated heterocycles. The molecule has 0 atom stereocenters. The molecule has 0 bridgehead atoms. The number of phenols is 2. The molecular weight excluding hydrogens is 580 g/mol. The van der Waals surface area contributed by atoms with Crippen LogP contribution in [-0.2, 0) is 52.8 Å². The van der Waals surface area contributed by atoms with Crippen LogP contribution in [0.5, 0.6) is 11.5 Å². The topological polar surface area (TPSA) is 58.9 Å². The van der Waals surface area contributed by atoms with Gasteiger partial charge in [-0.2, -0.15) is 0 Å². The van der Waals surface area contributed by atoms with E-state index in [2.05, 4.69) is 90.1 Å². The maximum absolute atomic E-state index is 11.7. The van der Waals surface area contributed by atoms with Gasteiger partial charge in [-0.1, -0.05) is 126 Å². The summed E-state index contributed by atoms with van der Waals surface area (Å²) in [5, 5.41) is 23.4. The maximum atomic E-state index is 11.7. The summed E-state index contributed by atoms with van der Waals surface area (Å²) >= 11 is 0. The average Bonchev–Trinajstić information content (AvgIpc) is 3.07. The summed E-state index contributed by atoms with van der Waals surface area (Å²) in [6.45, 7) is 15.7. The fourth-order valence-electron chi connectivity index (χ4n) is 5.98. The van der Waals surface area contributed by atoms with E-state index in [-0.39, 0.29) is 10.8 Å². The Morgan fingerprint density at radius 1 is 0.532 bits per heavy atom. The van der Waals surface area contributed by atoms with Gasteiger partial charge in [-0.3, -0.25) is 0 Å². The third-order valence-electron chi connectivity index (χ3n) is 9.84. The van der Waals surface area contributed by atoms with Crippen LogP contribution in [0.2, 0.25) is 0 Å². The molecule has 4 rings (SSSR count). The molecule has 4 aromatic rings. The zero-order valence-corrected chi connectivity index (χ0v) is 29.6. The van der Waals surface area contributed by atoms with Gasteiger partial charge in [-0.25, -0.2) is 0 Å². The summed E-state index contributed by atoms with van der Waals surface area (Å²) in [5.41, 5.74) is 8.05. The van der Waals surface area contributed by atoms with Crippen LogP contribution in [0.25, 0.3) is 0 Å². The third kappa shape index (κ3) is 10.2. The molecule has 0 aromatic heterocycles. The Labute approximate surface area is 283 Å². The molecule has 0 fully saturated rings. The average molecular weight is 637 g/mol. The van der Waals surface area contributed by atoms with E-state index in [1.54, 1.807) is 0 Å². The highest BCUT2D eigenvalue weighted by atomic mass is 16.5. The molecule has 2 N–H and O–H groups in total. The zero-order chi connectivity index (χ0) is 33.9. The number of benzene rings is 4. The van der Waals surface area contributed by atoms with Crippen molar-refractivity contribution in [1.82, 2.24) is 0 Å². The van der Waals surface area contributed by atoms with E-state index < -0.39 is 0 Å². The smallest absolute Gasteiger partial charge is 0.122 e. The highest BCUT2D eigenvalue weighted by Crippen LogP contribution is 2.41. The second kappa shape index (κ2) is 17.0. The van der Waals surface area contributed by atoms with E-state index in [0.717, 1.165) is 60.8 Å². The number of phenolic OH excluding ortho intramolecular Hbond substituents is 2. The van der Waals surface area contributed by atoms with Crippen LogP contribution in [-0.4, -0.2) is 23.4 Å². The Balaban J connectivity index is 1.54. The first kappa shape index (κ1) is 36.2. The first-order valence-corrected chi connectivity index (χ1v) is 17.5. The van der Waals surface area contributed by atoms with Gasteiger partial charge in [-0.05, 0) is 82.7 Å². The van der Waals surface area contributed by atoms with Crippen molar-refractivity contribution in [1.29, 1.82) is 0 Å². The van der Waals surface area contributed by atoms with E-state index in [4.69, 9.17) is 9.47 Å². The number of rotatable bonds is 18. The molecule has 0 aliphatic heterocycles. The zero-order valence-electron chi connectivity index (χ0n) is 29.6. The van der Waals surface area contributed by atoms with E-state index in [9.17, 15) is 10.2 Å². The van der Waals surface area contributed by atoms with Crippen LogP contribution < -0.4 is 0 Å². The Bertz CT molecular complexity index is 1420. The lowest BCUT2D eigenvalue weighted by molar-refractivity contribution is 0.118. The summed E-state index contributed by atoms with van der Waals surface area (Å²) in [7, 11) is 0. The summed E-state index contributed by atoms with van der Waals surface area (Å²) in [5.74, 6) is 0.688. The first-order chi connectivity index (χ1) is 22.5. The summed E-state index contributed by atoms with van der Waals surface area (Å²) in [4.78, 5) is 0. The molecule has 0 heterocycles. The van der Waals surface area contributed by atoms with Gasteiger partial charge in [0.1, 0.15) is 11.5 Å². The monoisotopic (exact) mass is 636 g/mol. The summed E-state index contributed by atoms with van der Waals surface area (Å²) in [6.07, 6.45) is 5.79. The first-order valence-electron chi connectivity index (χ1n) is 17.5. The second-order valence-electron chi connectivity index (χ2n) is 14.2. The predicted molar refractivity (Wildman–Crippen MR) is 194 cm³/mol. The van der Waals surface area contributed by atoms with E-state index in [1.165, 1.54) is 22.3 Å². The van der Waals surface area contributed by atoms with Crippen molar-refractivity contribution in [3.63, 3.8) is 0 Å². The third-order valence-corrected chi connectivity index (χ3v) is 9.84. The lowest BCUT2D eigenvalue weighted by Gasteiger charge is -2.28. The summed E-state index contributed by atoms with van der Waals surface area (Å²) < 4.78 is 11.9. The molecule has 252 valence electrons. The minimum Gasteiger partial charge on any atom is -0.507 e. The molecule has 0 saturated carbocycles. The molecule has 0 unspecified atom stereocenters. The normalized spacial score (nSPS) is 12.0. The largest absolute Gasteiger partial charge is 0.507 e. The van der Waals surface area contributed by atoms with Crippen molar-refractivity contribution in [2.75, 3.05) is 13.2 Å². The van der Waals surface area contributed by atoms with E-state index in [0.29, 0.717) is 44.3 Å². The molecule has 0 aliphatic rings. The number of hydrogen-bond acceptors (Lipinski definition) is 4.